The highest BCUT2D eigenvalue weighted by Crippen LogP contribution is 2.36. The lowest BCUT2D eigenvalue weighted by molar-refractivity contribution is 0.251. The summed E-state index contributed by atoms with van der Waals surface area (Å²) in [6, 6.07) is 3.80. The van der Waals surface area contributed by atoms with E-state index in [1.807, 2.05) is 11.8 Å². The second-order valence-electron chi connectivity index (χ2n) is 5.31. The SMILES string of the molecule is C[S@@](=O)c1ccc(NC(=O)NC[C@@]2(C)CCCS2)cc1F. The average molecular weight is 330 g/mol. The first kappa shape index (κ1) is 16.3. The molecule has 1 heterocycles. The van der Waals surface area contributed by atoms with Gasteiger partial charge in [-0.25, -0.2) is 9.18 Å². The Morgan fingerprint density at radius 3 is 2.86 bits per heavy atom. The monoisotopic (exact) mass is 330 g/mol. The number of carbonyl (C=O) groups excluding carboxylic acids is 1. The van der Waals surface area contributed by atoms with Crippen molar-refractivity contribution in [2.75, 3.05) is 23.9 Å². The average Bonchev–Trinajstić information content (AvgIpc) is 2.84. The topological polar surface area (TPSA) is 58.2 Å². The number of benzene rings is 1. The molecule has 1 aromatic rings. The molecule has 7 heteroatoms. The molecule has 2 N–H and O–H groups in total. The summed E-state index contributed by atoms with van der Waals surface area (Å²) in [5.41, 5.74) is 0.350. The van der Waals surface area contributed by atoms with E-state index >= 15 is 0 Å². The summed E-state index contributed by atoms with van der Waals surface area (Å²) in [7, 11) is -1.38. The number of amides is 2. The molecule has 0 bridgehead atoms. The molecule has 116 valence electrons. The largest absolute Gasteiger partial charge is 0.336 e. The van der Waals surface area contributed by atoms with Crippen molar-refractivity contribution in [3.05, 3.63) is 24.0 Å². The van der Waals surface area contributed by atoms with Crippen LogP contribution in [0.5, 0.6) is 0 Å². The zero-order chi connectivity index (χ0) is 15.5. The van der Waals surface area contributed by atoms with E-state index in [1.54, 1.807) is 6.07 Å². The zero-order valence-corrected chi connectivity index (χ0v) is 13.7. The van der Waals surface area contributed by atoms with E-state index in [0.29, 0.717) is 12.2 Å². The van der Waals surface area contributed by atoms with E-state index < -0.39 is 16.6 Å². The number of urea groups is 1. The highest BCUT2D eigenvalue weighted by atomic mass is 32.2. The summed E-state index contributed by atoms with van der Waals surface area (Å²) >= 11 is 1.86. The molecule has 0 radical (unpaired) electrons. The maximum atomic E-state index is 13.7. The minimum absolute atomic E-state index is 0.0888. The number of rotatable bonds is 4. The molecular weight excluding hydrogens is 311 g/mol. The van der Waals surface area contributed by atoms with Crippen LogP contribution in [0.3, 0.4) is 0 Å². The van der Waals surface area contributed by atoms with Crippen molar-refractivity contribution < 1.29 is 13.4 Å². The lowest BCUT2D eigenvalue weighted by Gasteiger charge is -2.22. The quantitative estimate of drug-likeness (QED) is 0.892. The second kappa shape index (κ2) is 6.79. The smallest absolute Gasteiger partial charge is 0.319 e. The number of hydrogen-bond acceptors (Lipinski definition) is 3. The Hall–Kier alpha value is -1.08. The van der Waals surface area contributed by atoms with Crippen LogP contribution in [0.1, 0.15) is 19.8 Å². The lowest BCUT2D eigenvalue weighted by Crippen LogP contribution is -2.39. The van der Waals surface area contributed by atoms with Crippen molar-refractivity contribution in [3.8, 4) is 0 Å². The lowest BCUT2D eigenvalue weighted by atomic mass is 10.1. The van der Waals surface area contributed by atoms with Crippen molar-refractivity contribution in [2.24, 2.45) is 0 Å². The van der Waals surface area contributed by atoms with Gasteiger partial charge in [-0.15, -0.1) is 0 Å². The molecule has 21 heavy (non-hydrogen) atoms. The van der Waals surface area contributed by atoms with Gasteiger partial charge in [0, 0.05) is 23.2 Å². The molecule has 4 nitrogen and oxygen atoms in total. The summed E-state index contributed by atoms with van der Waals surface area (Å²) in [4.78, 5) is 12.0. The molecular formula is C14H19FN2O2S2. The molecule has 0 spiro atoms. The highest BCUT2D eigenvalue weighted by molar-refractivity contribution is 8.00. The highest BCUT2D eigenvalue weighted by Gasteiger charge is 2.29. The van der Waals surface area contributed by atoms with Gasteiger partial charge in [0.25, 0.3) is 0 Å². The fraction of sp³-hybridized carbons (Fsp3) is 0.500. The minimum Gasteiger partial charge on any atom is -0.336 e. The van der Waals surface area contributed by atoms with Crippen molar-refractivity contribution in [3.63, 3.8) is 0 Å². The van der Waals surface area contributed by atoms with Crippen LogP contribution in [-0.4, -0.2) is 33.5 Å². The molecule has 1 aliphatic rings. The van der Waals surface area contributed by atoms with Crippen LogP contribution in [0.4, 0.5) is 14.9 Å². The summed E-state index contributed by atoms with van der Waals surface area (Å²) in [6.45, 7) is 2.72. The van der Waals surface area contributed by atoms with E-state index in [4.69, 9.17) is 0 Å². The van der Waals surface area contributed by atoms with Gasteiger partial charge in [0.2, 0.25) is 0 Å². The van der Waals surface area contributed by atoms with Crippen LogP contribution in [0.2, 0.25) is 0 Å². The van der Waals surface area contributed by atoms with Gasteiger partial charge < -0.3 is 10.6 Å². The first-order valence-corrected chi connectivity index (χ1v) is 9.26. The minimum atomic E-state index is -1.38. The van der Waals surface area contributed by atoms with Gasteiger partial charge in [-0.1, -0.05) is 0 Å². The predicted octanol–water partition coefficient (Wildman–Crippen LogP) is 2.97. The van der Waals surface area contributed by atoms with Gasteiger partial charge in [-0.3, -0.25) is 4.21 Å². The Bertz CT molecular complexity index is 560. The van der Waals surface area contributed by atoms with Crippen LogP contribution in [-0.2, 0) is 10.8 Å². The normalized spacial score (nSPS) is 22.8. The maximum absolute atomic E-state index is 13.7. The number of thioether (sulfide) groups is 1. The number of nitrogens with one attached hydrogen (secondary N) is 2. The van der Waals surface area contributed by atoms with Gasteiger partial charge in [0.1, 0.15) is 5.82 Å². The molecule has 1 aromatic carbocycles. The molecule has 0 saturated carbocycles. The molecule has 1 saturated heterocycles. The van der Waals surface area contributed by atoms with Crippen molar-refractivity contribution in [1.29, 1.82) is 0 Å². The van der Waals surface area contributed by atoms with Gasteiger partial charge in [0.15, 0.2) is 0 Å². The molecule has 0 aromatic heterocycles. The van der Waals surface area contributed by atoms with Gasteiger partial charge in [0.05, 0.1) is 15.7 Å². The van der Waals surface area contributed by atoms with Gasteiger partial charge >= 0.3 is 6.03 Å². The van der Waals surface area contributed by atoms with Crippen LogP contribution in [0.15, 0.2) is 23.1 Å². The number of halogens is 1. The third kappa shape index (κ3) is 4.44. The third-order valence-corrected chi connectivity index (χ3v) is 5.91. The van der Waals surface area contributed by atoms with E-state index in [0.717, 1.165) is 12.2 Å². The Morgan fingerprint density at radius 1 is 1.52 bits per heavy atom. The Labute approximate surface area is 130 Å². The van der Waals surface area contributed by atoms with E-state index in [2.05, 4.69) is 17.6 Å². The fourth-order valence-electron chi connectivity index (χ4n) is 2.23. The molecule has 2 rings (SSSR count). The van der Waals surface area contributed by atoms with Gasteiger partial charge in [-0.2, -0.15) is 11.8 Å². The van der Waals surface area contributed by atoms with Crippen molar-refractivity contribution in [1.82, 2.24) is 5.32 Å². The summed E-state index contributed by atoms with van der Waals surface area (Å²) in [5.74, 6) is 0.549. The second-order valence-corrected chi connectivity index (χ2v) is 8.34. The molecule has 0 aliphatic carbocycles. The number of carbonyl (C=O) groups is 1. The third-order valence-electron chi connectivity index (χ3n) is 3.42. The molecule has 1 aliphatic heterocycles. The van der Waals surface area contributed by atoms with E-state index in [1.165, 1.54) is 24.8 Å². The summed E-state index contributed by atoms with van der Waals surface area (Å²) < 4.78 is 25.0. The van der Waals surface area contributed by atoms with Crippen LogP contribution < -0.4 is 10.6 Å². The standard InChI is InChI=1S/C14H19FN2O2S2/c1-14(6-3-7-20-14)9-16-13(18)17-10-4-5-12(21(2)19)11(15)8-10/h4-5,8H,3,6-7,9H2,1-2H3,(H2,16,17,18)/t14-,21-/m1/s1. The molecule has 2 amide bonds. The maximum Gasteiger partial charge on any atom is 0.319 e. The Balaban J connectivity index is 1.90. The van der Waals surface area contributed by atoms with E-state index in [9.17, 15) is 13.4 Å². The zero-order valence-electron chi connectivity index (χ0n) is 12.1. The van der Waals surface area contributed by atoms with Crippen molar-refractivity contribution in [2.45, 2.75) is 29.4 Å². The molecule has 1 fully saturated rings. The fourth-order valence-corrected chi connectivity index (χ4v) is 4.07. The predicted molar refractivity (Wildman–Crippen MR) is 85.9 cm³/mol. The van der Waals surface area contributed by atoms with Crippen LogP contribution >= 0.6 is 11.8 Å². The summed E-state index contributed by atoms with van der Waals surface area (Å²) in [6.07, 6.45) is 3.67. The van der Waals surface area contributed by atoms with Gasteiger partial charge in [-0.05, 0) is 43.7 Å². The van der Waals surface area contributed by atoms with Crippen LogP contribution in [0, 0.1) is 5.82 Å². The number of anilines is 1. The first-order chi connectivity index (χ1) is 9.89. The van der Waals surface area contributed by atoms with E-state index in [-0.39, 0.29) is 15.7 Å². The summed E-state index contributed by atoms with van der Waals surface area (Å²) in [5, 5.41) is 5.41. The van der Waals surface area contributed by atoms with Crippen molar-refractivity contribution >= 4 is 34.3 Å². The van der Waals surface area contributed by atoms with Crippen LogP contribution in [0.25, 0.3) is 0 Å². The molecule has 2 atom stereocenters. The Morgan fingerprint density at radius 2 is 2.29 bits per heavy atom. The number of hydrogen-bond donors (Lipinski definition) is 2. The first-order valence-electron chi connectivity index (χ1n) is 6.71. The Kier molecular flexibility index (Phi) is 5.27. The molecule has 0 unspecified atom stereocenters.